The second-order valence-corrected chi connectivity index (χ2v) is 9.53. The number of aromatic nitrogens is 2. The van der Waals surface area contributed by atoms with E-state index in [-0.39, 0.29) is 11.8 Å². The minimum Gasteiger partial charge on any atom is -0.492 e. The van der Waals surface area contributed by atoms with Gasteiger partial charge >= 0.3 is 0 Å². The van der Waals surface area contributed by atoms with Gasteiger partial charge in [-0.25, -0.2) is 4.98 Å². The van der Waals surface area contributed by atoms with Crippen LogP contribution in [0.1, 0.15) is 40.4 Å². The summed E-state index contributed by atoms with van der Waals surface area (Å²) < 4.78 is 8.36. The normalized spacial score (nSPS) is 15.9. The van der Waals surface area contributed by atoms with Crippen LogP contribution < -0.4 is 9.64 Å². The Hall–Kier alpha value is -3.60. The molecule has 1 aliphatic heterocycles. The number of fused-ring (bicyclic) bond motifs is 1. The number of carbonyl (C=O) groups is 1. The van der Waals surface area contributed by atoms with Crippen LogP contribution in [0.3, 0.4) is 0 Å². The summed E-state index contributed by atoms with van der Waals surface area (Å²) in [6.45, 7) is 10.2. The predicted molar refractivity (Wildman–Crippen MR) is 137 cm³/mol. The Labute approximate surface area is 201 Å². The first-order valence-electron chi connectivity index (χ1n) is 11.9. The summed E-state index contributed by atoms with van der Waals surface area (Å²) in [7, 11) is 0. The molecular formula is C29H31N3O2. The van der Waals surface area contributed by atoms with E-state index in [1.54, 1.807) is 0 Å². The zero-order chi connectivity index (χ0) is 23.8. The van der Waals surface area contributed by atoms with Gasteiger partial charge in [-0.3, -0.25) is 4.79 Å². The van der Waals surface area contributed by atoms with E-state index >= 15 is 0 Å². The monoisotopic (exact) mass is 453 g/mol. The molecule has 1 aromatic heterocycles. The minimum absolute atomic E-state index is 0.0435. The molecule has 0 aliphatic carbocycles. The maximum absolute atomic E-state index is 13.0. The van der Waals surface area contributed by atoms with Crippen molar-refractivity contribution >= 4 is 22.6 Å². The summed E-state index contributed by atoms with van der Waals surface area (Å²) in [5.41, 5.74) is 7.74. The molecule has 4 aromatic rings. The van der Waals surface area contributed by atoms with Crippen LogP contribution >= 0.6 is 0 Å². The average Bonchev–Trinajstić information content (AvgIpc) is 3.33. The number of aryl methyl sites for hydroxylation is 4. The first-order chi connectivity index (χ1) is 16.4. The molecule has 34 heavy (non-hydrogen) atoms. The number of hydrogen-bond acceptors (Lipinski definition) is 3. The minimum atomic E-state index is 0.0435. The fourth-order valence-corrected chi connectivity index (χ4v) is 5.15. The third-order valence-corrected chi connectivity index (χ3v) is 6.47. The SMILES string of the molecule is Cc1cc(C)cc(OCCn2c([C@H]3CC(=O)N(c4cc(C)cc(C)c4)C3)nc3ccccc32)c1. The Bertz CT molecular complexity index is 1330. The van der Waals surface area contributed by atoms with Gasteiger partial charge in [0.05, 0.1) is 17.6 Å². The number of anilines is 1. The number of amides is 1. The molecule has 0 unspecified atom stereocenters. The van der Waals surface area contributed by atoms with Crippen LogP contribution in [0.2, 0.25) is 0 Å². The van der Waals surface area contributed by atoms with Crippen LogP contribution in [0.25, 0.3) is 11.0 Å². The zero-order valence-electron chi connectivity index (χ0n) is 20.3. The highest BCUT2D eigenvalue weighted by Crippen LogP contribution is 2.34. The second-order valence-electron chi connectivity index (χ2n) is 9.53. The number of benzene rings is 3. The van der Waals surface area contributed by atoms with Gasteiger partial charge in [0, 0.05) is 24.6 Å². The summed E-state index contributed by atoms with van der Waals surface area (Å²) in [4.78, 5) is 19.9. The highest BCUT2D eigenvalue weighted by Gasteiger charge is 2.35. The molecule has 1 saturated heterocycles. The Kier molecular flexibility index (Phi) is 5.86. The molecule has 5 rings (SSSR count). The number of hydrogen-bond donors (Lipinski definition) is 0. The van der Waals surface area contributed by atoms with E-state index in [4.69, 9.17) is 9.72 Å². The van der Waals surface area contributed by atoms with Gasteiger partial charge in [-0.2, -0.15) is 0 Å². The number of ether oxygens (including phenoxy) is 1. The Morgan fingerprint density at radius 3 is 2.26 bits per heavy atom. The van der Waals surface area contributed by atoms with Crippen molar-refractivity contribution in [2.45, 2.75) is 46.6 Å². The lowest BCUT2D eigenvalue weighted by Gasteiger charge is -2.19. The van der Waals surface area contributed by atoms with Crippen molar-refractivity contribution < 1.29 is 9.53 Å². The number of nitrogens with zero attached hydrogens (tertiary/aromatic N) is 3. The fraction of sp³-hybridized carbons (Fsp3) is 0.310. The number of para-hydroxylation sites is 2. The predicted octanol–water partition coefficient (Wildman–Crippen LogP) is 5.87. The highest BCUT2D eigenvalue weighted by molar-refractivity contribution is 5.96. The summed E-state index contributed by atoms with van der Waals surface area (Å²) in [6, 6.07) is 20.8. The topological polar surface area (TPSA) is 47.4 Å². The van der Waals surface area contributed by atoms with Crippen LogP contribution in [0, 0.1) is 27.7 Å². The Morgan fingerprint density at radius 2 is 1.56 bits per heavy atom. The molecule has 5 nitrogen and oxygen atoms in total. The van der Waals surface area contributed by atoms with Gasteiger partial charge in [-0.05, 0) is 86.3 Å². The van der Waals surface area contributed by atoms with Gasteiger partial charge in [0.15, 0.2) is 0 Å². The molecule has 1 amide bonds. The first-order valence-corrected chi connectivity index (χ1v) is 11.9. The lowest BCUT2D eigenvalue weighted by molar-refractivity contribution is -0.117. The van der Waals surface area contributed by atoms with Gasteiger partial charge in [-0.1, -0.05) is 24.3 Å². The third-order valence-electron chi connectivity index (χ3n) is 6.47. The van der Waals surface area contributed by atoms with Crippen molar-refractivity contribution in [1.82, 2.24) is 9.55 Å². The van der Waals surface area contributed by atoms with E-state index < -0.39 is 0 Å². The third kappa shape index (κ3) is 4.43. The van der Waals surface area contributed by atoms with Gasteiger partial charge in [0.2, 0.25) is 5.91 Å². The van der Waals surface area contributed by atoms with Crippen molar-refractivity contribution in [3.63, 3.8) is 0 Å². The maximum atomic E-state index is 13.0. The standard InChI is InChI=1S/C29H31N3O2/c1-19-11-20(2)14-24(13-19)32-18-23(17-28(32)33)29-30-26-7-5-6-8-27(26)31(29)9-10-34-25-15-21(3)12-22(4)16-25/h5-8,11-16,23H,9-10,17-18H2,1-4H3/t23-/m0/s1. The molecule has 0 spiro atoms. The number of carbonyl (C=O) groups excluding carboxylic acids is 1. The molecule has 0 N–H and O–H groups in total. The summed E-state index contributed by atoms with van der Waals surface area (Å²) in [5.74, 6) is 2.05. The van der Waals surface area contributed by atoms with Crippen molar-refractivity contribution in [2.75, 3.05) is 18.1 Å². The van der Waals surface area contributed by atoms with Gasteiger partial charge in [0.1, 0.15) is 18.2 Å². The van der Waals surface area contributed by atoms with Crippen molar-refractivity contribution in [1.29, 1.82) is 0 Å². The first kappa shape index (κ1) is 22.2. The lowest BCUT2D eigenvalue weighted by Crippen LogP contribution is -2.25. The zero-order valence-corrected chi connectivity index (χ0v) is 20.3. The molecule has 1 fully saturated rings. The highest BCUT2D eigenvalue weighted by atomic mass is 16.5. The quantitative estimate of drug-likeness (QED) is 0.367. The largest absolute Gasteiger partial charge is 0.492 e. The maximum Gasteiger partial charge on any atom is 0.227 e. The molecule has 1 aliphatic rings. The van der Waals surface area contributed by atoms with Crippen molar-refractivity contribution in [2.24, 2.45) is 0 Å². The summed E-state index contributed by atoms with van der Waals surface area (Å²) >= 11 is 0. The van der Waals surface area contributed by atoms with Crippen LogP contribution in [0.15, 0.2) is 60.7 Å². The van der Waals surface area contributed by atoms with E-state index in [2.05, 4.69) is 74.7 Å². The number of imidazole rings is 1. The van der Waals surface area contributed by atoms with Gasteiger partial charge < -0.3 is 14.2 Å². The molecular weight excluding hydrogens is 422 g/mol. The molecule has 0 bridgehead atoms. The van der Waals surface area contributed by atoms with Crippen LogP contribution in [-0.4, -0.2) is 28.6 Å². The van der Waals surface area contributed by atoms with Gasteiger partial charge in [0.25, 0.3) is 0 Å². The molecule has 3 aromatic carbocycles. The molecule has 5 heteroatoms. The summed E-state index contributed by atoms with van der Waals surface area (Å²) in [6.07, 6.45) is 0.467. The van der Waals surface area contributed by atoms with Crippen LogP contribution in [-0.2, 0) is 11.3 Å². The average molecular weight is 454 g/mol. The molecule has 174 valence electrons. The summed E-state index contributed by atoms with van der Waals surface area (Å²) in [5, 5.41) is 0. The van der Waals surface area contributed by atoms with Crippen molar-refractivity contribution in [3.05, 3.63) is 88.7 Å². The van der Waals surface area contributed by atoms with E-state index in [0.717, 1.165) is 28.3 Å². The van der Waals surface area contributed by atoms with Crippen LogP contribution in [0.4, 0.5) is 5.69 Å². The second kappa shape index (κ2) is 8.98. The molecule has 0 saturated carbocycles. The van der Waals surface area contributed by atoms with E-state index in [0.29, 0.717) is 26.1 Å². The Morgan fingerprint density at radius 1 is 0.912 bits per heavy atom. The molecule has 2 heterocycles. The van der Waals surface area contributed by atoms with E-state index in [9.17, 15) is 4.79 Å². The number of rotatable bonds is 6. The lowest BCUT2D eigenvalue weighted by atomic mass is 10.1. The van der Waals surface area contributed by atoms with Crippen molar-refractivity contribution in [3.8, 4) is 5.75 Å². The molecule has 0 radical (unpaired) electrons. The smallest absolute Gasteiger partial charge is 0.227 e. The molecule has 1 atom stereocenters. The van der Waals surface area contributed by atoms with Gasteiger partial charge in [-0.15, -0.1) is 0 Å². The fourth-order valence-electron chi connectivity index (χ4n) is 5.15. The van der Waals surface area contributed by atoms with Crippen LogP contribution in [0.5, 0.6) is 5.75 Å². The Balaban J connectivity index is 1.41. The van der Waals surface area contributed by atoms with E-state index in [1.165, 1.54) is 22.3 Å². The van der Waals surface area contributed by atoms with E-state index in [1.807, 2.05) is 23.1 Å².